The minimum atomic E-state index is -1.21. The SMILES string of the molecule is CN(CC(=O)O)C(=O)Cn1c(=O)c2[nH]c(-c3ccc(C(=N)N)cc3)nc2n(C)c1=O. The molecule has 3 rings (SSSR count). The Kier molecular flexibility index (Phi) is 5.24. The molecule has 156 valence electrons. The van der Waals surface area contributed by atoms with E-state index in [0.29, 0.717) is 17.0 Å². The topological polar surface area (TPSA) is 180 Å². The lowest BCUT2D eigenvalue weighted by Gasteiger charge is -2.15. The molecule has 0 saturated heterocycles. The van der Waals surface area contributed by atoms with Gasteiger partial charge in [0.25, 0.3) is 5.56 Å². The minimum absolute atomic E-state index is 0.0245. The second kappa shape index (κ2) is 7.66. The third-order valence-corrected chi connectivity index (χ3v) is 4.54. The van der Waals surface area contributed by atoms with Crippen molar-refractivity contribution in [3.63, 3.8) is 0 Å². The zero-order valence-corrected chi connectivity index (χ0v) is 16.2. The second-order valence-corrected chi connectivity index (χ2v) is 6.65. The van der Waals surface area contributed by atoms with Crippen molar-refractivity contribution in [3.05, 3.63) is 50.7 Å². The van der Waals surface area contributed by atoms with Crippen LogP contribution in [0.1, 0.15) is 5.56 Å². The zero-order valence-electron chi connectivity index (χ0n) is 16.2. The molecule has 5 N–H and O–H groups in total. The average Bonchev–Trinajstić information content (AvgIpc) is 3.14. The highest BCUT2D eigenvalue weighted by molar-refractivity contribution is 5.95. The van der Waals surface area contributed by atoms with Gasteiger partial charge in [-0.3, -0.25) is 24.4 Å². The van der Waals surface area contributed by atoms with Gasteiger partial charge in [0.1, 0.15) is 30.3 Å². The third-order valence-electron chi connectivity index (χ3n) is 4.54. The first kappa shape index (κ1) is 20.5. The molecule has 0 bridgehead atoms. The molecule has 0 fully saturated rings. The normalized spacial score (nSPS) is 10.9. The number of carboxylic acid groups (broad SMARTS) is 1. The molecule has 12 nitrogen and oxygen atoms in total. The highest BCUT2D eigenvalue weighted by atomic mass is 16.4. The number of nitrogen functional groups attached to an aromatic ring is 1. The van der Waals surface area contributed by atoms with Crippen LogP contribution in [-0.2, 0) is 23.2 Å². The summed E-state index contributed by atoms with van der Waals surface area (Å²) in [5.41, 5.74) is 5.20. The fourth-order valence-electron chi connectivity index (χ4n) is 2.88. The van der Waals surface area contributed by atoms with Crippen molar-refractivity contribution in [2.45, 2.75) is 6.54 Å². The molecule has 1 aromatic carbocycles. The van der Waals surface area contributed by atoms with Crippen molar-refractivity contribution in [1.29, 1.82) is 5.41 Å². The molecule has 0 aliphatic heterocycles. The van der Waals surface area contributed by atoms with Gasteiger partial charge in [0, 0.05) is 25.2 Å². The number of aryl methyl sites for hydroxylation is 1. The summed E-state index contributed by atoms with van der Waals surface area (Å²) >= 11 is 0. The van der Waals surface area contributed by atoms with E-state index in [0.717, 1.165) is 14.0 Å². The van der Waals surface area contributed by atoms with Crippen molar-refractivity contribution in [2.24, 2.45) is 12.8 Å². The number of nitrogens with two attached hydrogens (primary N) is 1. The van der Waals surface area contributed by atoms with Crippen LogP contribution in [0.25, 0.3) is 22.6 Å². The summed E-state index contributed by atoms with van der Waals surface area (Å²) in [5.74, 6) is -1.68. The number of aromatic nitrogens is 4. The molecule has 12 heteroatoms. The Morgan fingerprint density at radius 1 is 1.27 bits per heavy atom. The van der Waals surface area contributed by atoms with Crippen molar-refractivity contribution in [3.8, 4) is 11.4 Å². The number of benzene rings is 1. The predicted octanol–water partition coefficient (Wildman–Crippen LogP) is -1.08. The zero-order chi connectivity index (χ0) is 22.2. The van der Waals surface area contributed by atoms with E-state index in [-0.39, 0.29) is 17.0 Å². The van der Waals surface area contributed by atoms with E-state index >= 15 is 0 Å². The smallest absolute Gasteiger partial charge is 0.332 e. The minimum Gasteiger partial charge on any atom is -0.480 e. The Hall–Kier alpha value is -4.22. The first-order valence-corrected chi connectivity index (χ1v) is 8.70. The number of nitrogens with one attached hydrogen (secondary N) is 2. The number of imidazole rings is 1. The maximum atomic E-state index is 12.8. The molecule has 0 atom stereocenters. The van der Waals surface area contributed by atoms with E-state index in [1.54, 1.807) is 24.3 Å². The molecule has 0 unspecified atom stereocenters. The molecule has 30 heavy (non-hydrogen) atoms. The molecule has 0 saturated carbocycles. The van der Waals surface area contributed by atoms with Gasteiger partial charge in [-0.05, 0) is 0 Å². The molecular weight excluding hydrogens is 394 g/mol. The molecule has 0 aliphatic carbocycles. The van der Waals surface area contributed by atoms with E-state index < -0.39 is 36.2 Å². The van der Waals surface area contributed by atoms with Crippen LogP contribution in [0, 0.1) is 5.41 Å². The van der Waals surface area contributed by atoms with Gasteiger partial charge in [-0.2, -0.15) is 0 Å². The number of rotatable bonds is 6. The first-order valence-electron chi connectivity index (χ1n) is 8.70. The van der Waals surface area contributed by atoms with Crippen LogP contribution < -0.4 is 17.0 Å². The van der Waals surface area contributed by atoms with Crippen molar-refractivity contribution < 1.29 is 14.7 Å². The molecule has 2 aromatic heterocycles. The highest BCUT2D eigenvalue weighted by Crippen LogP contribution is 2.18. The van der Waals surface area contributed by atoms with E-state index in [4.69, 9.17) is 16.2 Å². The summed E-state index contributed by atoms with van der Waals surface area (Å²) < 4.78 is 1.86. The monoisotopic (exact) mass is 413 g/mol. The number of likely N-dealkylation sites (N-methyl/N-ethyl adjacent to an activating group) is 1. The number of hydrogen-bond acceptors (Lipinski definition) is 6. The molecule has 0 spiro atoms. The largest absolute Gasteiger partial charge is 0.480 e. The first-order chi connectivity index (χ1) is 14.1. The van der Waals surface area contributed by atoms with E-state index in [2.05, 4.69) is 9.97 Å². The van der Waals surface area contributed by atoms with Crippen LogP contribution in [0.2, 0.25) is 0 Å². The summed E-state index contributed by atoms with van der Waals surface area (Å²) in [6, 6.07) is 6.57. The van der Waals surface area contributed by atoms with Gasteiger partial charge < -0.3 is 20.7 Å². The number of amidine groups is 1. The third kappa shape index (κ3) is 3.70. The number of nitrogens with zero attached hydrogens (tertiary/aromatic N) is 4. The number of aromatic amines is 1. The molecule has 0 aliphatic rings. The quantitative estimate of drug-likeness (QED) is 0.293. The van der Waals surface area contributed by atoms with Crippen LogP contribution in [0.4, 0.5) is 0 Å². The van der Waals surface area contributed by atoms with Gasteiger partial charge >= 0.3 is 11.7 Å². The number of carboxylic acids is 1. The number of carbonyl (C=O) groups is 2. The molecule has 0 radical (unpaired) electrons. The summed E-state index contributed by atoms with van der Waals surface area (Å²) in [5, 5.41) is 16.2. The number of fused-ring (bicyclic) bond motifs is 1. The lowest BCUT2D eigenvalue weighted by molar-refractivity contribution is -0.143. The van der Waals surface area contributed by atoms with Gasteiger partial charge in [0.15, 0.2) is 5.65 Å². The van der Waals surface area contributed by atoms with Crippen LogP contribution in [0.15, 0.2) is 33.9 Å². The van der Waals surface area contributed by atoms with E-state index in [1.165, 1.54) is 14.1 Å². The van der Waals surface area contributed by atoms with Crippen LogP contribution in [0.3, 0.4) is 0 Å². The summed E-state index contributed by atoms with van der Waals surface area (Å²) in [7, 11) is 2.68. The number of hydrogen-bond donors (Lipinski definition) is 4. The molecule has 3 aromatic rings. The second-order valence-electron chi connectivity index (χ2n) is 6.65. The fourth-order valence-corrected chi connectivity index (χ4v) is 2.88. The van der Waals surface area contributed by atoms with E-state index in [9.17, 15) is 19.2 Å². The Bertz CT molecular complexity index is 1280. The van der Waals surface area contributed by atoms with E-state index in [1.807, 2.05) is 0 Å². The number of carbonyl (C=O) groups excluding carboxylic acids is 1. The average molecular weight is 413 g/mol. The Morgan fingerprint density at radius 2 is 1.90 bits per heavy atom. The lowest BCUT2D eigenvalue weighted by atomic mass is 10.1. The number of amides is 1. The van der Waals surface area contributed by atoms with Gasteiger partial charge in [-0.15, -0.1) is 0 Å². The van der Waals surface area contributed by atoms with Gasteiger partial charge in [-0.1, -0.05) is 24.3 Å². The fraction of sp³-hybridized carbons (Fsp3) is 0.222. The summed E-state index contributed by atoms with van der Waals surface area (Å²) in [6.07, 6.45) is 0. The van der Waals surface area contributed by atoms with Crippen LogP contribution in [0.5, 0.6) is 0 Å². The maximum absolute atomic E-state index is 12.8. The van der Waals surface area contributed by atoms with Gasteiger partial charge in [0.2, 0.25) is 5.91 Å². The Balaban J connectivity index is 2.05. The Morgan fingerprint density at radius 3 is 2.47 bits per heavy atom. The lowest BCUT2D eigenvalue weighted by Crippen LogP contribution is -2.44. The maximum Gasteiger partial charge on any atom is 0.332 e. The molecule has 1 amide bonds. The van der Waals surface area contributed by atoms with Crippen LogP contribution >= 0.6 is 0 Å². The van der Waals surface area contributed by atoms with Crippen LogP contribution in [-0.4, -0.2) is 60.4 Å². The predicted molar refractivity (Wildman–Crippen MR) is 107 cm³/mol. The molecule has 2 heterocycles. The van der Waals surface area contributed by atoms with Gasteiger partial charge in [0.05, 0.1) is 0 Å². The number of aliphatic carboxylic acids is 1. The highest BCUT2D eigenvalue weighted by Gasteiger charge is 2.20. The van der Waals surface area contributed by atoms with Crippen molar-refractivity contribution in [1.82, 2.24) is 24.0 Å². The summed E-state index contributed by atoms with van der Waals surface area (Å²) in [4.78, 5) is 56.5. The Labute approximate surface area is 168 Å². The molecular formula is C18H19N7O5. The van der Waals surface area contributed by atoms with Crippen molar-refractivity contribution >= 4 is 28.9 Å². The summed E-state index contributed by atoms with van der Waals surface area (Å²) in [6.45, 7) is -1.16. The van der Waals surface area contributed by atoms with Gasteiger partial charge in [-0.25, -0.2) is 14.3 Å². The standard InChI is InChI=1S/C18H19N7O5/c1-23(8-12(27)28)11(26)7-25-17(29)13-16(24(2)18(25)30)22-15(21-13)10-5-3-9(4-6-10)14(19)20/h3-6H,7-8H2,1-2H3,(H3,19,20)(H,21,22)(H,27,28). The number of H-pyrrole nitrogens is 1. The van der Waals surface area contributed by atoms with Crippen molar-refractivity contribution in [2.75, 3.05) is 13.6 Å².